The Hall–Kier alpha value is -2.38. The van der Waals surface area contributed by atoms with Gasteiger partial charge in [-0.3, -0.25) is 4.79 Å². The van der Waals surface area contributed by atoms with Gasteiger partial charge in [-0.05, 0) is 43.5 Å². The van der Waals surface area contributed by atoms with Crippen molar-refractivity contribution in [3.63, 3.8) is 0 Å². The van der Waals surface area contributed by atoms with E-state index in [-0.39, 0.29) is 11.9 Å². The maximum atomic E-state index is 12.3. The van der Waals surface area contributed by atoms with Gasteiger partial charge in [0.2, 0.25) is 5.13 Å². The monoisotopic (exact) mass is 416 g/mol. The smallest absolute Gasteiger partial charge is 0.255 e. The van der Waals surface area contributed by atoms with E-state index in [0.717, 1.165) is 47.5 Å². The number of aromatic nitrogens is 2. The lowest BCUT2D eigenvalue weighted by atomic mass is 10.0. The van der Waals surface area contributed by atoms with Crippen LogP contribution < -0.4 is 10.2 Å². The summed E-state index contributed by atoms with van der Waals surface area (Å²) in [6.45, 7) is 3.50. The van der Waals surface area contributed by atoms with Crippen LogP contribution in [0.25, 0.3) is 0 Å². The Bertz CT molecular complexity index is 945. The molecule has 1 aromatic carbocycles. The Morgan fingerprint density at radius 1 is 1.25 bits per heavy atom. The predicted octanol–water partition coefficient (Wildman–Crippen LogP) is 4.08. The Kier molecular flexibility index (Phi) is 5.64. The summed E-state index contributed by atoms with van der Waals surface area (Å²) in [4.78, 5) is 14.6. The lowest BCUT2D eigenvalue weighted by Crippen LogP contribution is -2.44. The van der Waals surface area contributed by atoms with E-state index in [2.05, 4.69) is 20.4 Å². The molecule has 1 N–H and O–H groups in total. The second kappa shape index (κ2) is 8.32. The summed E-state index contributed by atoms with van der Waals surface area (Å²) in [5.41, 5.74) is 1.78. The second-order valence-corrected chi connectivity index (χ2v) is 8.38. The topological polar surface area (TPSA) is 71.3 Å². The molecule has 0 radical (unpaired) electrons. The normalized spacial score (nSPS) is 15.0. The molecule has 4 rings (SSSR count). The van der Waals surface area contributed by atoms with Crippen LogP contribution in [0.1, 0.15) is 39.5 Å². The average Bonchev–Trinajstić information content (AvgIpc) is 3.33. The molecular weight excluding hydrogens is 396 g/mol. The van der Waals surface area contributed by atoms with Crippen molar-refractivity contribution in [1.82, 2.24) is 15.5 Å². The standard InChI is InChI=1S/C20H21ClN4O2S/c1-13-17(8-11-27-13)19(26)22-16-6-9-25(10-7-16)20-24-23-18(28-20)12-14-2-4-15(21)5-3-14/h2-5,8,11,16H,6-7,9-10,12H2,1H3,(H,22,26). The molecule has 0 atom stereocenters. The minimum absolute atomic E-state index is 0.0640. The van der Waals surface area contributed by atoms with Crippen LogP contribution in [0.5, 0.6) is 0 Å². The summed E-state index contributed by atoms with van der Waals surface area (Å²) in [6.07, 6.45) is 4.07. The van der Waals surface area contributed by atoms with Gasteiger partial charge in [-0.15, -0.1) is 10.2 Å². The SMILES string of the molecule is Cc1occc1C(=O)NC1CCN(c2nnc(Cc3ccc(Cl)cc3)s2)CC1. The van der Waals surface area contributed by atoms with Gasteiger partial charge < -0.3 is 14.6 Å². The molecular formula is C20H21ClN4O2S. The van der Waals surface area contributed by atoms with Crippen molar-refractivity contribution in [2.45, 2.75) is 32.2 Å². The number of carbonyl (C=O) groups excluding carboxylic acids is 1. The highest BCUT2D eigenvalue weighted by molar-refractivity contribution is 7.15. The first-order valence-electron chi connectivity index (χ1n) is 9.25. The van der Waals surface area contributed by atoms with E-state index in [0.29, 0.717) is 11.3 Å². The quantitative estimate of drug-likeness (QED) is 0.678. The molecule has 0 aliphatic carbocycles. The van der Waals surface area contributed by atoms with E-state index in [4.69, 9.17) is 16.0 Å². The van der Waals surface area contributed by atoms with Gasteiger partial charge in [-0.2, -0.15) is 0 Å². The molecule has 1 amide bonds. The van der Waals surface area contributed by atoms with Crippen molar-refractivity contribution < 1.29 is 9.21 Å². The number of amides is 1. The maximum Gasteiger partial charge on any atom is 0.255 e. The van der Waals surface area contributed by atoms with Crippen LogP contribution in [0.4, 0.5) is 5.13 Å². The number of hydrogen-bond donors (Lipinski definition) is 1. The van der Waals surface area contributed by atoms with Crippen LogP contribution in [-0.2, 0) is 6.42 Å². The highest BCUT2D eigenvalue weighted by Crippen LogP contribution is 2.26. The van der Waals surface area contributed by atoms with E-state index in [1.807, 2.05) is 24.3 Å². The minimum atomic E-state index is -0.0640. The summed E-state index contributed by atoms with van der Waals surface area (Å²) in [7, 11) is 0. The van der Waals surface area contributed by atoms with Gasteiger partial charge in [-0.1, -0.05) is 35.1 Å². The van der Waals surface area contributed by atoms with Gasteiger partial charge in [0.05, 0.1) is 11.8 Å². The largest absolute Gasteiger partial charge is 0.469 e. The number of anilines is 1. The number of nitrogens with one attached hydrogen (secondary N) is 1. The van der Waals surface area contributed by atoms with Crippen LogP contribution in [0, 0.1) is 6.92 Å². The van der Waals surface area contributed by atoms with E-state index >= 15 is 0 Å². The molecule has 2 aromatic heterocycles. The summed E-state index contributed by atoms with van der Waals surface area (Å²) in [6, 6.07) is 9.69. The Balaban J connectivity index is 1.30. The van der Waals surface area contributed by atoms with Gasteiger partial charge in [0.1, 0.15) is 10.8 Å². The van der Waals surface area contributed by atoms with Crippen molar-refractivity contribution in [2.24, 2.45) is 0 Å². The number of halogens is 1. The number of nitrogens with zero attached hydrogens (tertiary/aromatic N) is 3. The van der Waals surface area contributed by atoms with E-state index in [1.165, 1.54) is 5.56 Å². The molecule has 0 bridgehead atoms. The fourth-order valence-electron chi connectivity index (χ4n) is 3.32. The zero-order valence-corrected chi connectivity index (χ0v) is 17.1. The van der Waals surface area contributed by atoms with Gasteiger partial charge in [0.15, 0.2) is 0 Å². The third-order valence-electron chi connectivity index (χ3n) is 4.93. The van der Waals surface area contributed by atoms with Crippen LogP contribution >= 0.6 is 22.9 Å². The first kappa shape index (κ1) is 19.0. The van der Waals surface area contributed by atoms with Gasteiger partial charge in [-0.25, -0.2) is 0 Å². The fraction of sp³-hybridized carbons (Fsp3) is 0.350. The van der Waals surface area contributed by atoms with Crippen LogP contribution in [0.15, 0.2) is 41.0 Å². The number of hydrogen-bond acceptors (Lipinski definition) is 6. The average molecular weight is 417 g/mol. The third-order valence-corrected chi connectivity index (χ3v) is 6.16. The molecule has 28 heavy (non-hydrogen) atoms. The van der Waals surface area contributed by atoms with Gasteiger partial charge >= 0.3 is 0 Å². The van der Waals surface area contributed by atoms with Gasteiger partial charge in [0.25, 0.3) is 5.91 Å². The summed E-state index contributed by atoms with van der Waals surface area (Å²) in [5, 5.41) is 14.5. The van der Waals surface area contributed by atoms with Crippen LogP contribution in [0.3, 0.4) is 0 Å². The highest BCUT2D eigenvalue weighted by atomic mass is 35.5. The van der Waals surface area contributed by atoms with Crippen molar-refractivity contribution in [1.29, 1.82) is 0 Å². The zero-order valence-electron chi connectivity index (χ0n) is 15.5. The fourth-order valence-corrected chi connectivity index (χ4v) is 4.37. The van der Waals surface area contributed by atoms with Crippen molar-refractivity contribution in [3.8, 4) is 0 Å². The van der Waals surface area contributed by atoms with Crippen molar-refractivity contribution >= 4 is 34.0 Å². The summed E-state index contributed by atoms with van der Waals surface area (Å²) < 4.78 is 5.21. The Morgan fingerprint density at radius 2 is 2.00 bits per heavy atom. The highest BCUT2D eigenvalue weighted by Gasteiger charge is 2.24. The van der Waals surface area contributed by atoms with Gasteiger partial charge in [0, 0.05) is 30.6 Å². The molecule has 1 aliphatic rings. The number of piperidine rings is 1. The maximum absolute atomic E-state index is 12.3. The minimum Gasteiger partial charge on any atom is -0.469 e. The molecule has 146 valence electrons. The molecule has 1 fully saturated rings. The lowest BCUT2D eigenvalue weighted by Gasteiger charge is -2.31. The molecule has 6 nitrogen and oxygen atoms in total. The Morgan fingerprint density at radius 3 is 2.68 bits per heavy atom. The van der Waals surface area contributed by atoms with Crippen LogP contribution in [0.2, 0.25) is 5.02 Å². The first-order valence-corrected chi connectivity index (χ1v) is 10.4. The zero-order chi connectivity index (χ0) is 19.5. The third kappa shape index (κ3) is 4.36. The molecule has 3 heterocycles. The number of furan rings is 1. The molecule has 8 heteroatoms. The van der Waals surface area contributed by atoms with E-state index in [9.17, 15) is 4.79 Å². The summed E-state index contributed by atoms with van der Waals surface area (Å²) in [5.74, 6) is 0.586. The lowest BCUT2D eigenvalue weighted by molar-refractivity contribution is 0.0929. The molecule has 1 saturated heterocycles. The van der Waals surface area contributed by atoms with Crippen molar-refractivity contribution in [2.75, 3.05) is 18.0 Å². The molecule has 0 spiro atoms. The first-order chi connectivity index (χ1) is 13.6. The molecule has 0 unspecified atom stereocenters. The molecule has 3 aromatic rings. The number of benzene rings is 1. The molecule has 0 saturated carbocycles. The number of carbonyl (C=O) groups is 1. The van der Waals surface area contributed by atoms with E-state index in [1.54, 1.807) is 30.6 Å². The number of aryl methyl sites for hydroxylation is 1. The summed E-state index contributed by atoms with van der Waals surface area (Å²) >= 11 is 7.56. The van der Waals surface area contributed by atoms with Crippen LogP contribution in [-0.4, -0.2) is 35.2 Å². The molecule has 1 aliphatic heterocycles. The Labute approximate surface area is 172 Å². The van der Waals surface area contributed by atoms with E-state index < -0.39 is 0 Å². The second-order valence-electron chi connectivity index (χ2n) is 6.91. The predicted molar refractivity (Wildman–Crippen MR) is 110 cm³/mol. The number of rotatable bonds is 5. The van der Waals surface area contributed by atoms with Crippen molar-refractivity contribution in [3.05, 3.63) is 63.5 Å².